The van der Waals surface area contributed by atoms with Gasteiger partial charge in [0.25, 0.3) is 5.91 Å². The minimum atomic E-state index is -0.0462. The van der Waals surface area contributed by atoms with Gasteiger partial charge in [0.05, 0.1) is 16.3 Å². The van der Waals surface area contributed by atoms with E-state index in [1.54, 1.807) is 6.07 Å². The second-order valence-corrected chi connectivity index (χ2v) is 5.39. The third kappa shape index (κ3) is 4.88. The molecule has 0 aliphatic heterocycles. The van der Waals surface area contributed by atoms with Crippen LogP contribution in [0.3, 0.4) is 0 Å². The Labute approximate surface area is 112 Å². The van der Waals surface area contributed by atoms with Crippen LogP contribution in [0.5, 0.6) is 0 Å². The molecule has 1 aromatic heterocycles. The first kappa shape index (κ1) is 14.7. The lowest BCUT2D eigenvalue weighted by atomic mass is 10.3. The van der Waals surface area contributed by atoms with Crippen molar-refractivity contribution in [3.05, 3.63) is 21.9 Å². The molecule has 5 heteroatoms. The minimum absolute atomic E-state index is 0.0462. The van der Waals surface area contributed by atoms with Gasteiger partial charge in [0, 0.05) is 12.6 Å². The van der Waals surface area contributed by atoms with Crippen molar-refractivity contribution in [2.24, 2.45) is 5.73 Å². The molecule has 18 heavy (non-hydrogen) atoms. The van der Waals surface area contributed by atoms with Crippen LogP contribution in [-0.4, -0.2) is 44.0 Å². The van der Waals surface area contributed by atoms with Gasteiger partial charge in [-0.2, -0.15) is 0 Å². The number of nitrogens with zero attached hydrogens (tertiary/aromatic N) is 1. The molecule has 0 saturated heterocycles. The number of carbonyl (C=O) groups is 1. The van der Waals surface area contributed by atoms with Crippen molar-refractivity contribution < 1.29 is 4.79 Å². The van der Waals surface area contributed by atoms with E-state index in [0.29, 0.717) is 11.4 Å². The summed E-state index contributed by atoms with van der Waals surface area (Å²) in [6, 6.07) is 3.76. The molecule has 1 heterocycles. The van der Waals surface area contributed by atoms with Crippen LogP contribution in [0.1, 0.15) is 21.5 Å². The molecule has 0 radical (unpaired) electrons. The Morgan fingerprint density at radius 1 is 1.56 bits per heavy atom. The molecule has 0 fully saturated rings. The van der Waals surface area contributed by atoms with Gasteiger partial charge in [-0.3, -0.25) is 4.79 Å². The Morgan fingerprint density at radius 3 is 2.89 bits per heavy atom. The van der Waals surface area contributed by atoms with Gasteiger partial charge in [0.1, 0.15) is 0 Å². The molecule has 1 unspecified atom stereocenters. The van der Waals surface area contributed by atoms with Gasteiger partial charge >= 0.3 is 0 Å². The highest BCUT2D eigenvalue weighted by Crippen LogP contribution is 2.15. The van der Waals surface area contributed by atoms with E-state index in [4.69, 9.17) is 5.73 Å². The zero-order valence-corrected chi connectivity index (χ0v) is 11.8. The Balaban J connectivity index is 2.59. The maximum absolute atomic E-state index is 11.9. The largest absolute Gasteiger partial charge is 0.348 e. The molecule has 0 spiro atoms. The molecule has 0 aromatic carbocycles. The van der Waals surface area contributed by atoms with Crippen molar-refractivity contribution in [3.63, 3.8) is 0 Å². The van der Waals surface area contributed by atoms with Crippen LogP contribution >= 0.6 is 11.3 Å². The normalized spacial score (nSPS) is 11.8. The predicted octanol–water partition coefficient (Wildman–Crippen LogP) is 0.738. The third-order valence-corrected chi connectivity index (χ3v) is 3.16. The Hall–Kier alpha value is -1.35. The number of rotatable bonds is 4. The number of nitrogens with one attached hydrogen (secondary N) is 1. The summed E-state index contributed by atoms with van der Waals surface area (Å²) in [6.45, 7) is 3.14. The van der Waals surface area contributed by atoms with Gasteiger partial charge < -0.3 is 16.0 Å². The number of likely N-dealkylation sites (N-methyl/N-ethyl adjacent to an activating group) is 1. The van der Waals surface area contributed by atoms with Crippen molar-refractivity contribution >= 4 is 17.2 Å². The maximum atomic E-state index is 11.9. The molecule has 0 saturated carbocycles. The number of thiophene rings is 1. The summed E-state index contributed by atoms with van der Waals surface area (Å²) in [4.78, 5) is 15.5. The molecule has 1 rings (SSSR count). The third-order valence-electron chi connectivity index (χ3n) is 2.16. The van der Waals surface area contributed by atoms with Gasteiger partial charge in [0.15, 0.2) is 0 Å². The standard InChI is InChI=1S/C13H19N3OS/c1-10(9-16(2)3)15-13(17)12-7-6-11(18-12)5-4-8-14/h6-7,10H,8-9,14H2,1-3H3,(H,15,17). The van der Waals surface area contributed by atoms with E-state index in [0.717, 1.165) is 11.4 Å². The average molecular weight is 265 g/mol. The molecular formula is C13H19N3OS. The number of hydrogen-bond acceptors (Lipinski definition) is 4. The number of amides is 1. The van der Waals surface area contributed by atoms with E-state index in [-0.39, 0.29) is 11.9 Å². The predicted molar refractivity (Wildman–Crippen MR) is 75.7 cm³/mol. The molecule has 3 N–H and O–H groups in total. The van der Waals surface area contributed by atoms with E-state index < -0.39 is 0 Å². The quantitative estimate of drug-likeness (QED) is 0.789. The summed E-state index contributed by atoms with van der Waals surface area (Å²) in [5.41, 5.74) is 5.30. The van der Waals surface area contributed by atoms with E-state index in [1.165, 1.54) is 11.3 Å². The molecular weight excluding hydrogens is 246 g/mol. The average Bonchev–Trinajstić information content (AvgIpc) is 2.73. The van der Waals surface area contributed by atoms with Crippen LogP contribution in [0, 0.1) is 11.8 Å². The summed E-state index contributed by atoms with van der Waals surface area (Å²) < 4.78 is 0. The van der Waals surface area contributed by atoms with E-state index >= 15 is 0 Å². The monoisotopic (exact) mass is 265 g/mol. The Bertz CT molecular complexity index is 456. The highest BCUT2D eigenvalue weighted by molar-refractivity contribution is 7.14. The number of nitrogens with two attached hydrogens (primary N) is 1. The lowest BCUT2D eigenvalue weighted by Gasteiger charge is -2.17. The van der Waals surface area contributed by atoms with Crippen LogP contribution in [-0.2, 0) is 0 Å². The molecule has 4 nitrogen and oxygen atoms in total. The van der Waals surface area contributed by atoms with E-state index in [2.05, 4.69) is 17.2 Å². The summed E-state index contributed by atoms with van der Waals surface area (Å²) in [7, 11) is 3.96. The molecule has 1 atom stereocenters. The zero-order valence-electron chi connectivity index (χ0n) is 11.0. The topological polar surface area (TPSA) is 58.4 Å². The van der Waals surface area contributed by atoms with Gasteiger partial charge in [-0.05, 0) is 33.2 Å². The molecule has 0 bridgehead atoms. The van der Waals surface area contributed by atoms with E-state index in [1.807, 2.05) is 32.0 Å². The molecule has 1 aromatic rings. The smallest absolute Gasteiger partial charge is 0.261 e. The first-order chi connectivity index (χ1) is 8.52. The first-order valence-electron chi connectivity index (χ1n) is 5.77. The van der Waals surface area contributed by atoms with Gasteiger partial charge in [-0.1, -0.05) is 11.8 Å². The summed E-state index contributed by atoms with van der Waals surface area (Å²) >= 11 is 1.39. The van der Waals surface area contributed by atoms with Gasteiger partial charge in [-0.15, -0.1) is 11.3 Å². The van der Waals surface area contributed by atoms with Gasteiger partial charge in [0.2, 0.25) is 0 Å². The fraction of sp³-hybridized carbons (Fsp3) is 0.462. The van der Waals surface area contributed by atoms with Crippen molar-refractivity contribution in [1.29, 1.82) is 0 Å². The number of carbonyl (C=O) groups excluding carboxylic acids is 1. The maximum Gasteiger partial charge on any atom is 0.261 e. The van der Waals surface area contributed by atoms with Crippen LogP contribution < -0.4 is 11.1 Å². The lowest BCUT2D eigenvalue weighted by Crippen LogP contribution is -2.39. The van der Waals surface area contributed by atoms with Crippen LogP contribution in [0.25, 0.3) is 0 Å². The lowest BCUT2D eigenvalue weighted by molar-refractivity contribution is 0.0938. The zero-order chi connectivity index (χ0) is 13.5. The SMILES string of the molecule is CC(CN(C)C)NC(=O)c1ccc(C#CCN)s1. The van der Waals surface area contributed by atoms with Crippen molar-refractivity contribution in [1.82, 2.24) is 10.2 Å². The van der Waals surface area contributed by atoms with Crippen LogP contribution in [0.15, 0.2) is 12.1 Å². The summed E-state index contributed by atoms with van der Waals surface area (Å²) in [5, 5.41) is 2.95. The molecule has 98 valence electrons. The molecule has 0 aliphatic rings. The summed E-state index contributed by atoms with van der Waals surface area (Å²) in [5.74, 6) is 5.65. The Morgan fingerprint density at radius 2 is 2.28 bits per heavy atom. The minimum Gasteiger partial charge on any atom is -0.348 e. The van der Waals surface area contributed by atoms with Crippen LogP contribution in [0.2, 0.25) is 0 Å². The van der Waals surface area contributed by atoms with Crippen molar-refractivity contribution in [3.8, 4) is 11.8 Å². The second kappa shape index (κ2) is 7.17. The first-order valence-corrected chi connectivity index (χ1v) is 6.59. The van der Waals surface area contributed by atoms with Crippen molar-refractivity contribution in [2.45, 2.75) is 13.0 Å². The van der Waals surface area contributed by atoms with Gasteiger partial charge in [-0.25, -0.2) is 0 Å². The second-order valence-electron chi connectivity index (χ2n) is 4.31. The van der Waals surface area contributed by atoms with Crippen molar-refractivity contribution in [2.75, 3.05) is 27.2 Å². The highest BCUT2D eigenvalue weighted by Gasteiger charge is 2.12. The number of hydrogen-bond donors (Lipinski definition) is 2. The highest BCUT2D eigenvalue weighted by atomic mass is 32.1. The fourth-order valence-corrected chi connectivity index (χ4v) is 2.34. The van der Waals surface area contributed by atoms with E-state index in [9.17, 15) is 4.79 Å². The fourth-order valence-electron chi connectivity index (χ4n) is 1.55. The molecule has 0 aliphatic carbocycles. The Kier molecular flexibility index (Phi) is 5.86. The summed E-state index contributed by atoms with van der Waals surface area (Å²) in [6.07, 6.45) is 0. The molecule has 1 amide bonds. The van der Waals surface area contributed by atoms with Crippen LogP contribution in [0.4, 0.5) is 0 Å².